The summed E-state index contributed by atoms with van der Waals surface area (Å²) in [6.07, 6.45) is 5.60. The molecular formula is C19H26N2O4. The van der Waals surface area contributed by atoms with E-state index in [4.69, 9.17) is 0 Å². The van der Waals surface area contributed by atoms with E-state index in [9.17, 15) is 14.4 Å². The number of nitrogens with zero attached hydrogens (tertiary/aromatic N) is 1. The molecule has 0 radical (unpaired) electrons. The number of carbonyl (C=O) groups is 3. The third kappa shape index (κ3) is 5.31. The Kier molecular flexibility index (Phi) is 6.98. The highest BCUT2D eigenvalue weighted by molar-refractivity contribution is 6.04. The van der Waals surface area contributed by atoms with Gasteiger partial charge in [-0.25, -0.2) is 0 Å². The molecule has 136 valence electrons. The van der Waals surface area contributed by atoms with Crippen LogP contribution in [0.2, 0.25) is 0 Å². The van der Waals surface area contributed by atoms with Gasteiger partial charge in [-0.05, 0) is 25.0 Å². The van der Waals surface area contributed by atoms with Crippen molar-refractivity contribution in [2.45, 2.75) is 51.0 Å². The van der Waals surface area contributed by atoms with Gasteiger partial charge in [0.25, 0.3) is 5.91 Å². The minimum Gasteiger partial charge on any atom is -0.469 e. The summed E-state index contributed by atoms with van der Waals surface area (Å²) < 4.78 is 4.53. The second kappa shape index (κ2) is 9.20. The van der Waals surface area contributed by atoms with Crippen LogP contribution in [-0.4, -0.2) is 42.9 Å². The highest BCUT2D eigenvalue weighted by Gasteiger charge is 2.24. The van der Waals surface area contributed by atoms with Crippen molar-refractivity contribution < 1.29 is 19.1 Å². The summed E-state index contributed by atoms with van der Waals surface area (Å²) in [5, 5.41) is 2.73. The Bertz CT molecular complexity index is 624. The van der Waals surface area contributed by atoms with E-state index in [1.807, 2.05) is 7.05 Å². The van der Waals surface area contributed by atoms with Gasteiger partial charge in [0.05, 0.1) is 24.8 Å². The predicted octanol–water partition coefficient (Wildman–Crippen LogP) is 2.98. The first-order valence-electron chi connectivity index (χ1n) is 8.75. The molecule has 1 aromatic carbocycles. The summed E-state index contributed by atoms with van der Waals surface area (Å²) >= 11 is 0. The number of methoxy groups -OCH3 is 1. The van der Waals surface area contributed by atoms with Crippen molar-refractivity contribution in [2.24, 2.45) is 0 Å². The Morgan fingerprint density at radius 3 is 2.48 bits per heavy atom. The van der Waals surface area contributed by atoms with E-state index in [0.29, 0.717) is 11.3 Å². The number of esters is 1. The SMILES string of the molecule is COC(=O)CCC(=O)Nc1ccccc1C(=O)N(C)C1CCCCC1. The molecule has 1 saturated carbocycles. The van der Waals surface area contributed by atoms with Gasteiger partial charge in [-0.15, -0.1) is 0 Å². The van der Waals surface area contributed by atoms with Crippen LogP contribution in [0.4, 0.5) is 5.69 Å². The Hall–Kier alpha value is -2.37. The highest BCUT2D eigenvalue weighted by atomic mass is 16.5. The van der Waals surface area contributed by atoms with Crippen LogP contribution in [0.1, 0.15) is 55.3 Å². The van der Waals surface area contributed by atoms with Crippen LogP contribution >= 0.6 is 0 Å². The van der Waals surface area contributed by atoms with Crippen molar-refractivity contribution in [2.75, 3.05) is 19.5 Å². The van der Waals surface area contributed by atoms with Crippen molar-refractivity contribution in [1.29, 1.82) is 0 Å². The Labute approximate surface area is 148 Å². The molecule has 0 aromatic heterocycles. The zero-order chi connectivity index (χ0) is 18.2. The Balaban J connectivity index is 2.04. The number of para-hydroxylation sites is 1. The molecule has 1 aliphatic rings. The normalized spacial score (nSPS) is 14.6. The number of benzene rings is 1. The van der Waals surface area contributed by atoms with Crippen molar-refractivity contribution in [3.8, 4) is 0 Å². The van der Waals surface area contributed by atoms with Gasteiger partial charge >= 0.3 is 5.97 Å². The molecule has 1 fully saturated rings. The largest absolute Gasteiger partial charge is 0.469 e. The molecule has 0 spiro atoms. The van der Waals surface area contributed by atoms with Gasteiger partial charge in [0.15, 0.2) is 0 Å². The smallest absolute Gasteiger partial charge is 0.306 e. The molecule has 0 atom stereocenters. The second-order valence-electron chi connectivity index (χ2n) is 6.38. The predicted molar refractivity (Wildman–Crippen MR) is 95.3 cm³/mol. The third-order valence-corrected chi connectivity index (χ3v) is 4.66. The van der Waals surface area contributed by atoms with E-state index in [1.54, 1.807) is 29.2 Å². The first-order chi connectivity index (χ1) is 12.0. The van der Waals surface area contributed by atoms with Crippen LogP contribution in [0, 0.1) is 0 Å². The molecular weight excluding hydrogens is 320 g/mol. The fourth-order valence-corrected chi connectivity index (χ4v) is 3.13. The Morgan fingerprint density at radius 2 is 1.80 bits per heavy atom. The number of ether oxygens (including phenoxy) is 1. The van der Waals surface area contributed by atoms with E-state index in [2.05, 4.69) is 10.1 Å². The second-order valence-corrected chi connectivity index (χ2v) is 6.38. The highest BCUT2D eigenvalue weighted by Crippen LogP contribution is 2.25. The standard InChI is InChI=1S/C19H26N2O4/c1-21(14-8-4-3-5-9-14)19(24)15-10-6-7-11-16(15)20-17(22)12-13-18(23)25-2/h6-7,10-11,14H,3-5,8-9,12-13H2,1-2H3,(H,20,22). The third-order valence-electron chi connectivity index (χ3n) is 4.66. The molecule has 0 saturated heterocycles. The molecule has 0 unspecified atom stereocenters. The van der Waals surface area contributed by atoms with Crippen molar-refractivity contribution in [3.05, 3.63) is 29.8 Å². The van der Waals surface area contributed by atoms with Gasteiger partial charge in [0.2, 0.25) is 5.91 Å². The maximum absolute atomic E-state index is 12.9. The number of carbonyl (C=O) groups excluding carboxylic acids is 3. The average molecular weight is 346 g/mol. The lowest BCUT2D eigenvalue weighted by molar-refractivity contribution is -0.141. The van der Waals surface area contributed by atoms with Gasteiger partial charge in [-0.2, -0.15) is 0 Å². The monoisotopic (exact) mass is 346 g/mol. The molecule has 0 heterocycles. The van der Waals surface area contributed by atoms with Gasteiger partial charge in [-0.1, -0.05) is 31.4 Å². The van der Waals surface area contributed by atoms with Crippen LogP contribution in [0.5, 0.6) is 0 Å². The van der Waals surface area contributed by atoms with Gasteiger partial charge < -0.3 is 15.0 Å². The minimum atomic E-state index is -0.434. The lowest BCUT2D eigenvalue weighted by Crippen LogP contribution is -2.38. The molecule has 6 heteroatoms. The van der Waals surface area contributed by atoms with Crippen LogP contribution in [-0.2, 0) is 14.3 Å². The maximum Gasteiger partial charge on any atom is 0.306 e. The lowest BCUT2D eigenvalue weighted by Gasteiger charge is -2.31. The van der Waals surface area contributed by atoms with Gasteiger partial charge in [0.1, 0.15) is 0 Å². The summed E-state index contributed by atoms with van der Waals surface area (Å²) in [7, 11) is 3.11. The van der Waals surface area contributed by atoms with E-state index in [0.717, 1.165) is 25.7 Å². The molecule has 0 bridgehead atoms. The molecule has 1 aromatic rings. The fourth-order valence-electron chi connectivity index (χ4n) is 3.13. The average Bonchev–Trinajstić information content (AvgIpc) is 2.66. The van der Waals surface area contributed by atoms with Crippen LogP contribution in [0.15, 0.2) is 24.3 Å². The minimum absolute atomic E-state index is 0.0143. The van der Waals surface area contributed by atoms with Crippen molar-refractivity contribution >= 4 is 23.5 Å². The Morgan fingerprint density at radius 1 is 1.12 bits per heavy atom. The molecule has 1 N–H and O–H groups in total. The number of nitrogens with one attached hydrogen (secondary N) is 1. The van der Waals surface area contributed by atoms with E-state index in [1.165, 1.54) is 13.5 Å². The zero-order valence-corrected chi connectivity index (χ0v) is 14.9. The number of anilines is 1. The molecule has 0 aliphatic heterocycles. The first-order valence-corrected chi connectivity index (χ1v) is 8.75. The van der Waals surface area contributed by atoms with Crippen molar-refractivity contribution in [3.63, 3.8) is 0 Å². The van der Waals surface area contributed by atoms with Crippen molar-refractivity contribution in [1.82, 2.24) is 4.90 Å². The van der Waals surface area contributed by atoms with E-state index < -0.39 is 5.97 Å². The zero-order valence-electron chi connectivity index (χ0n) is 14.9. The molecule has 1 aliphatic carbocycles. The van der Waals surface area contributed by atoms with Crippen LogP contribution in [0.25, 0.3) is 0 Å². The first kappa shape index (κ1) is 19.0. The number of hydrogen-bond donors (Lipinski definition) is 1. The van der Waals surface area contributed by atoms with Crippen LogP contribution < -0.4 is 5.32 Å². The summed E-state index contributed by atoms with van der Waals surface area (Å²) in [5.41, 5.74) is 0.951. The quantitative estimate of drug-likeness (QED) is 0.804. The topological polar surface area (TPSA) is 75.7 Å². The van der Waals surface area contributed by atoms with Gasteiger partial charge in [0, 0.05) is 19.5 Å². The summed E-state index contributed by atoms with van der Waals surface area (Å²) in [6, 6.07) is 7.24. The molecule has 6 nitrogen and oxygen atoms in total. The van der Waals surface area contributed by atoms with E-state index >= 15 is 0 Å². The molecule has 2 amide bonds. The fraction of sp³-hybridized carbons (Fsp3) is 0.526. The van der Waals surface area contributed by atoms with Crippen LogP contribution in [0.3, 0.4) is 0 Å². The number of hydrogen-bond acceptors (Lipinski definition) is 4. The summed E-state index contributed by atoms with van der Waals surface area (Å²) in [5.74, 6) is -0.835. The number of rotatable bonds is 6. The summed E-state index contributed by atoms with van der Waals surface area (Å²) in [4.78, 5) is 37.8. The lowest BCUT2D eigenvalue weighted by atomic mass is 9.94. The molecule has 2 rings (SSSR count). The van der Waals surface area contributed by atoms with Gasteiger partial charge in [-0.3, -0.25) is 14.4 Å². The molecule has 25 heavy (non-hydrogen) atoms. The number of amides is 2. The maximum atomic E-state index is 12.9. The summed E-state index contributed by atoms with van der Waals surface area (Å²) in [6.45, 7) is 0. The van der Waals surface area contributed by atoms with E-state index in [-0.39, 0.29) is 30.7 Å².